The Kier molecular flexibility index (Phi) is 5.84. The number of rotatable bonds is 6. The van der Waals surface area contributed by atoms with Gasteiger partial charge in [-0.3, -0.25) is 4.79 Å². The van der Waals surface area contributed by atoms with E-state index in [-0.39, 0.29) is 12.5 Å². The van der Waals surface area contributed by atoms with Crippen molar-refractivity contribution in [3.05, 3.63) is 95.6 Å². The SMILES string of the molecule is COC(=O)c1ccccc1OCc1ccc(C(=O)Nc2ccccc2)cc1. The van der Waals surface area contributed by atoms with Gasteiger partial charge >= 0.3 is 5.97 Å². The van der Waals surface area contributed by atoms with Gasteiger partial charge in [-0.15, -0.1) is 0 Å². The molecule has 3 aromatic rings. The smallest absolute Gasteiger partial charge is 0.341 e. The first-order chi connectivity index (χ1) is 13.2. The molecular formula is C22H19NO4. The van der Waals surface area contributed by atoms with Gasteiger partial charge in [-0.1, -0.05) is 42.5 Å². The van der Waals surface area contributed by atoms with E-state index in [0.717, 1.165) is 11.3 Å². The molecule has 0 bridgehead atoms. The molecule has 1 amide bonds. The maximum atomic E-state index is 12.3. The van der Waals surface area contributed by atoms with Crippen LogP contribution in [0.15, 0.2) is 78.9 Å². The number of hydrogen-bond acceptors (Lipinski definition) is 4. The molecular weight excluding hydrogens is 342 g/mol. The fourth-order valence-corrected chi connectivity index (χ4v) is 2.51. The van der Waals surface area contributed by atoms with E-state index in [1.54, 1.807) is 36.4 Å². The molecule has 0 saturated carbocycles. The van der Waals surface area contributed by atoms with Gasteiger partial charge in [0.15, 0.2) is 0 Å². The Morgan fingerprint density at radius 2 is 1.52 bits per heavy atom. The van der Waals surface area contributed by atoms with Gasteiger partial charge in [-0.25, -0.2) is 4.79 Å². The monoisotopic (exact) mass is 361 g/mol. The van der Waals surface area contributed by atoms with E-state index in [9.17, 15) is 9.59 Å². The molecule has 0 fully saturated rings. The van der Waals surface area contributed by atoms with Gasteiger partial charge in [0.2, 0.25) is 0 Å². The standard InChI is InChI=1S/C22H19NO4/c1-26-22(25)19-9-5-6-10-20(19)27-15-16-11-13-17(14-12-16)21(24)23-18-7-3-2-4-8-18/h2-14H,15H2,1H3,(H,23,24). The molecule has 0 radical (unpaired) electrons. The summed E-state index contributed by atoms with van der Waals surface area (Å²) in [4.78, 5) is 24.0. The number of ether oxygens (including phenoxy) is 2. The highest BCUT2D eigenvalue weighted by Crippen LogP contribution is 2.20. The third-order valence-corrected chi connectivity index (χ3v) is 3.93. The second kappa shape index (κ2) is 8.67. The molecule has 0 aliphatic rings. The van der Waals surface area contributed by atoms with Crippen molar-refractivity contribution < 1.29 is 19.1 Å². The molecule has 0 aliphatic carbocycles. The van der Waals surface area contributed by atoms with Gasteiger partial charge in [0.1, 0.15) is 17.9 Å². The quantitative estimate of drug-likeness (QED) is 0.665. The lowest BCUT2D eigenvalue weighted by Gasteiger charge is -2.10. The highest BCUT2D eigenvalue weighted by Gasteiger charge is 2.12. The van der Waals surface area contributed by atoms with Crippen LogP contribution in [-0.2, 0) is 11.3 Å². The van der Waals surface area contributed by atoms with Crippen LogP contribution in [0.1, 0.15) is 26.3 Å². The van der Waals surface area contributed by atoms with Crippen molar-refractivity contribution in [1.82, 2.24) is 0 Å². The Balaban J connectivity index is 1.63. The molecule has 0 atom stereocenters. The normalized spacial score (nSPS) is 10.1. The van der Waals surface area contributed by atoms with E-state index in [1.165, 1.54) is 7.11 Å². The van der Waals surface area contributed by atoms with Crippen molar-refractivity contribution in [3.63, 3.8) is 0 Å². The Hall–Kier alpha value is -3.60. The molecule has 0 unspecified atom stereocenters. The van der Waals surface area contributed by atoms with Gasteiger partial charge in [-0.2, -0.15) is 0 Å². The molecule has 3 rings (SSSR count). The first-order valence-electron chi connectivity index (χ1n) is 8.43. The fraction of sp³-hybridized carbons (Fsp3) is 0.0909. The summed E-state index contributed by atoms with van der Waals surface area (Å²) in [6.07, 6.45) is 0. The van der Waals surface area contributed by atoms with Crippen LogP contribution in [-0.4, -0.2) is 19.0 Å². The Labute approximate surface area is 157 Å². The molecule has 0 aliphatic heterocycles. The number of carbonyl (C=O) groups is 2. The average molecular weight is 361 g/mol. The third-order valence-electron chi connectivity index (χ3n) is 3.93. The summed E-state index contributed by atoms with van der Waals surface area (Å²) in [6, 6.07) is 23.3. The molecule has 0 aromatic heterocycles. The molecule has 0 saturated heterocycles. The topological polar surface area (TPSA) is 64.6 Å². The predicted octanol–water partition coefficient (Wildman–Crippen LogP) is 4.30. The molecule has 3 aromatic carbocycles. The average Bonchev–Trinajstić information content (AvgIpc) is 2.73. The van der Waals surface area contributed by atoms with Crippen LogP contribution >= 0.6 is 0 Å². The van der Waals surface area contributed by atoms with Gasteiger partial charge in [0, 0.05) is 11.3 Å². The predicted molar refractivity (Wildman–Crippen MR) is 103 cm³/mol. The second-order valence-corrected chi connectivity index (χ2v) is 5.79. The maximum Gasteiger partial charge on any atom is 0.341 e. The minimum absolute atomic E-state index is 0.176. The number of nitrogens with one attached hydrogen (secondary N) is 1. The van der Waals surface area contributed by atoms with Gasteiger partial charge < -0.3 is 14.8 Å². The zero-order valence-electron chi connectivity index (χ0n) is 14.8. The molecule has 0 heterocycles. The van der Waals surface area contributed by atoms with Gasteiger partial charge in [0.05, 0.1) is 7.11 Å². The lowest BCUT2D eigenvalue weighted by atomic mass is 10.1. The Bertz CT molecular complexity index is 921. The number of carbonyl (C=O) groups excluding carboxylic acids is 2. The minimum Gasteiger partial charge on any atom is -0.488 e. The third kappa shape index (κ3) is 4.73. The summed E-state index contributed by atoms with van der Waals surface area (Å²) < 4.78 is 10.5. The number of anilines is 1. The molecule has 5 heteroatoms. The van der Waals surface area contributed by atoms with E-state index in [1.807, 2.05) is 42.5 Å². The van der Waals surface area contributed by atoms with Crippen molar-refractivity contribution in [1.29, 1.82) is 0 Å². The summed E-state index contributed by atoms with van der Waals surface area (Å²) in [5.41, 5.74) is 2.55. The molecule has 1 N–H and O–H groups in total. The number of benzene rings is 3. The highest BCUT2D eigenvalue weighted by atomic mass is 16.5. The second-order valence-electron chi connectivity index (χ2n) is 5.79. The van der Waals surface area contributed by atoms with E-state index in [0.29, 0.717) is 16.9 Å². The van der Waals surface area contributed by atoms with Crippen LogP contribution in [0.3, 0.4) is 0 Å². The van der Waals surface area contributed by atoms with Gasteiger partial charge in [0.25, 0.3) is 5.91 Å². The number of esters is 1. The zero-order chi connectivity index (χ0) is 19.1. The summed E-state index contributed by atoms with van der Waals surface area (Å²) in [5.74, 6) is -0.168. The summed E-state index contributed by atoms with van der Waals surface area (Å²) >= 11 is 0. The summed E-state index contributed by atoms with van der Waals surface area (Å²) in [6.45, 7) is 0.272. The van der Waals surface area contributed by atoms with E-state index in [2.05, 4.69) is 5.32 Å². The number of amides is 1. The van der Waals surface area contributed by atoms with E-state index in [4.69, 9.17) is 9.47 Å². The van der Waals surface area contributed by atoms with Crippen molar-refractivity contribution in [2.75, 3.05) is 12.4 Å². The Morgan fingerprint density at radius 1 is 0.852 bits per heavy atom. The largest absolute Gasteiger partial charge is 0.488 e. The van der Waals surface area contributed by atoms with E-state index < -0.39 is 5.97 Å². The van der Waals surface area contributed by atoms with Crippen molar-refractivity contribution in [2.45, 2.75) is 6.61 Å². The molecule has 5 nitrogen and oxygen atoms in total. The van der Waals surface area contributed by atoms with Crippen LogP contribution in [0, 0.1) is 0 Å². The molecule has 27 heavy (non-hydrogen) atoms. The van der Waals surface area contributed by atoms with Crippen molar-refractivity contribution in [2.24, 2.45) is 0 Å². The zero-order valence-corrected chi connectivity index (χ0v) is 14.8. The summed E-state index contributed by atoms with van der Waals surface area (Å²) in [5, 5.41) is 2.84. The molecule has 136 valence electrons. The van der Waals surface area contributed by atoms with Crippen LogP contribution in [0.2, 0.25) is 0 Å². The van der Waals surface area contributed by atoms with Crippen LogP contribution in [0.25, 0.3) is 0 Å². The van der Waals surface area contributed by atoms with Crippen LogP contribution in [0.4, 0.5) is 5.69 Å². The lowest BCUT2D eigenvalue weighted by Crippen LogP contribution is -2.11. The first kappa shape index (κ1) is 18.2. The minimum atomic E-state index is -0.446. The van der Waals surface area contributed by atoms with Crippen LogP contribution < -0.4 is 10.1 Å². The van der Waals surface area contributed by atoms with E-state index >= 15 is 0 Å². The summed E-state index contributed by atoms with van der Waals surface area (Å²) in [7, 11) is 1.33. The number of hydrogen-bond donors (Lipinski definition) is 1. The van der Waals surface area contributed by atoms with Crippen molar-refractivity contribution in [3.8, 4) is 5.75 Å². The number of para-hydroxylation sites is 2. The number of methoxy groups -OCH3 is 1. The van der Waals surface area contributed by atoms with Crippen molar-refractivity contribution >= 4 is 17.6 Å². The Morgan fingerprint density at radius 3 is 2.22 bits per heavy atom. The first-order valence-corrected chi connectivity index (χ1v) is 8.43. The fourth-order valence-electron chi connectivity index (χ4n) is 2.51. The maximum absolute atomic E-state index is 12.3. The van der Waals surface area contributed by atoms with Crippen LogP contribution in [0.5, 0.6) is 5.75 Å². The molecule has 0 spiro atoms. The van der Waals surface area contributed by atoms with Gasteiger partial charge in [-0.05, 0) is 42.0 Å². The lowest BCUT2D eigenvalue weighted by molar-refractivity contribution is 0.0595. The highest BCUT2D eigenvalue weighted by molar-refractivity contribution is 6.04.